The molecule has 0 aromatic heterocycles. The van der Waals surface area contributed by atoms with Gasteiger partial charge in [-0.1, -0.05) is 31.9 Å². The lowest BCUT2D eigenvalue weighted by molar-refractivity contribution is -0.138. The first kappa shape index (κ1) is 20.8. The van der Waals surface area contributed by atoms with Gasteiger partial charge in [0.2, 0.25) is 5.91 Å². The zero-order valence-corrected chi connectivity index (χ0v) is 15.8. The second-order valence-electron chi connectivity index (χ2n) is 5.30. The largest absolute Gasteiger partial charge is 0.416 e. The van der Waals surface area contributed by atoms with Crippen molar-refractivity contribution in [3.05, 3.63) is 62.0 Å². The highest BCUT2D eigenvalue weighted by atomic mass is 79.9. The van der Waals surface area contributed by atoms with Crippen LogP contribution in [0, 0.1) is 0 Å². The Kier molecular flexibility index (Phi) is 6.06. The van der Waals surface area contributed by atoms with Crippen LogP contribution in [0.3, 0.4) is 0 Å². The van der Waals surface area contributed by atoms with Gasteiger partial charge in [-0.05, 0) is 42.0 Å². The highest BCUT2D eigenvalue weighted by Crippen LogP contribution is 2.34. The molecule has 0 bridgehead atoms. The molecule has 0 atom stereocenters. The summed E-state index contributed by atoms with van der Waals surface area (Å²) in [6.07, 6.45) is -9.62. The molecule has 1 amide bonds. The number of carbonyl (C=O) groups is 1. The lowest BCUT2D eigenvalue weighted by atomic mass is 10.1. The fraction of sp³-hybridized carbons (Fsp3) is 0.188. The number of hydrogen-bond acceptors (Lipinski definition) is 1. The van der Waals surface area contributed by atoms with Crippen molar-refractivity contribution in [3.63, 3.8) is 0 Å². The molecule has 2 aromatic rings. The Morgan fingerprint density at radius 1 is 0.808 bits per heavy atom. The first-order chi connectivity index (χ1) is 11.8. The predicted molar refractivity (Wildman–Crippen MR) is 90.6 cm³/mol. The topological polar surface area (TPSA) is 29.1 Å². The van der Waals surface area contributed by atoms with Gasteiger partial charge < -0.3 is 5.32 Å². The quantitative estimate of drug-likeness (QED) is 0.479. The molecule has 0 heterocycles. The van der Waals surface area contributed by atoms with Crippen LogP contribution in [-0.2, 0) is 23.6 Å². The molecule has 0 unspecified atom stereocenters. The molecule has 0 radical (unpaired) electrons. The Labute approximate surface area is 160 Å². The van der Waals surface area contributed by atoms with Gasteiger partial charge in [0.25, 0.3) is 0 Å². The summed E-state index contributed by atoms with van der Waals surface area (Å²) in [6.45, 7) is 0. The summed E-state index contributed by atoms with van der Waals surface area (Å²) in [6, 6.07) is 5.86. The average Bonchev–Trinajstić information content (AvgIpc) is 2.43. The van der Waals surface area contributed by atoms with Crippen LogP contribution >= 0.6 is 31.9 Å². The molecule has 0 spiro atoms. The number of alkyl halides is 6. The zero-order valence-electron chi connectivity index (χ0n) is 12.6. The fourth-order valence-corrected chi connectivity index (χ4v) is 3.17. The molecular weight excluding hydrogens is 496 g/mol. The first-order valence-electron chi connectivity index (χ1n) is 6.89. The molecule has 0 saturated carbocycles. The van der Waals surface area contributed by atoms with Crippen molar-refractivity contribution in [2.45, 2.75) is 18.8 Å². The van der Waals surface area contributed by atoms with Gasteiger partial charge in [-0.3, -0.25) is 4.79 Å². The van der Waals surface area contributed by atoms with Crippen LogP contribution in [-0.4, -0.2) is 5.91 Å². The Balaban J connectivity index is 2.20. The zero-order chi connectivity index (χ0) is 19.7. The Hall–Kier alpha value is -1.55. The van der Waals surface area contributed by atoms with Crippen molar-refractivity contribution in [1.29, 1.82) is 0 Å². The lowest BCUT2D eigenvalue weighted by Gasteiger charge is -2.12. The summed E-state index contributed by atoms with van der Waals surface area (Å²) >= 11 is 5.86. The van der Waals surface area contributed by atoms with E-state index in [1.807, 2.05) is 0 Å². The van der Waals surface area contributed by atoms with Crippen molar-refractivity contribution in [2.75, 3.05) is 5.32 Å². The molecule has 0 aliphatic rings. The molecule has 1 N–H and O–H groups in total. The summed E-state index contributed by atoms with van der Waals surface area (Å²) in [5, 5.41) is 2.26. The smallest absolute Gasteiger partial charge is 0.326 e. The molecule has 2 aromatic carbocycles. The number of rotatable bonds is 3. The third-order valence-electron chi connectivity index (χ3n) is 3.16. The summed E-state index contributed by atoms with van der Waals surface area (Å²) in [5.74, 6) is -0.748. The summed E-state index contributed by atoms with van der Waals surface area (Å²) in [5.41, 5.74) is -1.96. The predicted octanol–water partition coefficient (Wildman–Crippen LogP) is 6.43. The van der Waals surface area contributed by atoms with E-state index in [-0.39, 0.29) is 20.2 Å². The van der Waals surface area contributed by atoms with E-state index in [9.17, 15) is 31.1 Å². The van der Waals surface area contributed by atoms with E-state index in [0.717, 1.165) is 24.3 Å². The molecule has 0 aliphatic heterocycles. The Morgan fingerprint density at radius 2 is 1.31 bits per heavy atom. The van der Waals surface area contributed by atoms with Crippen LogP contribution in [0.5, 0.6) is 0 Å². The van der Waals surface area contributed by atoms with E-state index in [0.29, 0.717) is 0 Å². The van der Waals surface area contributed by atoms with Gasteiger partial charge in [-0.2, -0.15) is 26.3 Å². The summed E-state index contributed by atoms with van der Waals surface area (Å²) in [4.78, 5) is 12.0. The van der Waals surface area contributed by atoms with Gasteiger partial charge in [0, 0.05) is 14.6 Å². The number of carbonyl (C=O) groups excluding carboxylic acids is 1. The van der Waals surface area contributed by atoms with Crippen LogP contribution in [0.2, 0.25) is 0 Å². The normalized spacial score (nSPS) is 12.2. The standard InChI is InChI=1S/C16H9Br2F6NO/c17-11-2-8(1-9(4-11)15(19,20)21)3-14(26)25-13-6-10(16(22,23)24)5-12(18)7-13/h1-2,4-7H,3H2,(H,25,26). The van der Waals surface area contributed by atoms with Gasteiger partial charge in [-0.15, -0.1) is 0 Å². The van der Waals surface area contributed by atoms with Gasteiger partial charge in [-0.25, -0.2) is 0 Å². The third kappa shape index (κ3) is 5.73. The molecule has 0 aliphatic carbocycles. The van der Waals surface area contributed by atoms with Crippen LogP contribution in [0.4, 0.5) is 32.0 Å². The number of halogens is 8. The van der Waals surface area contributed by atoms with Crippen LogP contribution < -0.4 is 5.32 Å². The second-order valence-corrected chi connectivity index (χ2v) is 7.13. The summed E-state index contributed by atoms with van der Waals surface area (Å²) in [7, 11) is 0. The minimum Gasteiger partial charge on any atom is -0.326 e. The number of nitrogens with one attached hydrogen (secondary N) is 1. The van der Waals surface area contributed by atoms with E-state index in [1.165, 1.54) is 12.1 Å². The number of hydrogen-bond donors (Lipinski definition) is 1. The fourth-order valence-electron chi connectivity index (χ4n) is 2.13. The van der Waals surface area contributed by atoms with Crippen molar-refractivity contribution in [3.8, 4) is 0 Å². The number of benzene rings is 2. The molecule has 26 heavy (non-hydrogen) atoms. The number of amides is 1. The van der Waals surface area contributed by atoms with E-state index in [4.69, 9.17) is 0 Å². The van der Waals surface area contributed by atoms with Crippen molar-refractivity contribution >= 4 is 43.5 Å². The number of anilines is 1. The van der Waals surface area contributed by atoms with Crippen molar-refractivity contribution < 1.29 is 31.1 Å². The van der Waals surface area contributed by atoms with Crippen LogP contribution in [0.1, 0.15) is 16.7 Å². The first-order valence-corrected chi connectivity index (χ1v) is 8.47. The molecule has 2 rings (SSSR count). The monoisotopic (exact) mass is 503 g/mol. The van der Waals surface area contributed by atoms with Crippen molar-refractivity contribution in [2.24, 2.45) is 0 Å². The minimum absolute atomic E-state index is 0.0650. The molecule has 10 heteroatoms. The molecule has 140 valence electrons. The Bertz CT molecular complexity index is 765. The van der Waals surface area contributed by atoms with Gasteiger partial charge in [0.05, 0.1) is 17.5 Å². The maximum atomic E-state index is 12.8. The highest BCUT2D eigenvalue weighted by molar-refractivity contribution is 9.10. The van der Waals surface area contributed by atoms with Crippen LogP contribution in [0.15, 0.2) is 45.3 Å². The molecular formula is C16H9Br2F6NO. The van der Waals surface area contributed by atoms with Gasteiger partial charge in [0.1, 0.15) is 0 Å². The SMILES string of the molecule is O=C(Cc1cc(Br)cc(C(F)(F)F)c1)Nc1cc(Br)cc(C(F)(F)F)c1. The minimum atomic E-state index is -4.60. The molecule has 0 saturated heterocycles. The maximum Gasteiger partial charge on any atom is 0.416 e. The Morgan fingerprint density at radius 3 is 1.85 bits per heavy atom. The van der Waals surface area contributed by atoms with E-state index < -0.39 is 35.8 Å². The molecule has 2 nitrogen and oxygen atoms in total. The van der Waals surface area contributed by atoms with E-state index in [1.54, 1.807) is 0 Å². The average molecular weight is 505 g/mol. The van der Waals surface area contributed by atoms with Crippen molar-refractivity contribution in [1.82, 2.24) is 0 Å². The molecule has 0 fully saturated rings. The van der Waals surface area contributed by atoms with E-state index >= 15 is 0 Å². The van der Waals surface area contributed by atoms with Crippen LogP contribution in [0.25, 0.3) is 0 Å². The second kappa shape index (κ2) is 7.59. The third-order valence-corrected chi connectivity index (χ3v) is 4.07. The highest BCUT2D eigenvalue weighted by Gasteiger charge is 2.32. The van der Waals surface area contributed by atoms with Gasteiger partial charge in [0.15, 0.2) is 0 Å². The summed E-state index contributed by atoms with van der Waals surface area (Å²) < 4.78 is 77.0. The van der Waals surface area contributed by atoms with Gasteiger partial charge >= 0.3 is 12.4 Å². The lowest BCUT2D eigenvalue weighted by Crippen LogP contribution is -2.16. The van der Waals surface area contributed by atoms with E-state index in [2.05, 4.69) is 37.2 Å². The maximum absolute atomic E-state index is 12.8.